The van der Waals surface area contributed by atoms with Crippen LogP contribution in [0, 0.1) is 0 Å². The van der Waals surface area contributed by atoms with Gasteiger partial charge in [-0.1, -0.05) is 13.0 Å². The Hall–Kier alpha value is -1.26. The van der Waals surface area contributed by atoms with Gasteiger partial charge in [0.05, 0.1) is 14.2 Å². The molecule has 4 nitrogen and oxygen atoms in total. The fraction of sp³-hybridized carbons (Fsp3) is 0.625. The summed E-state index contributed by atoms with van der Waals surface area (Å²) in [5.74, 6) is 1.54. The van der Waals surface area contributed by atoms with Gasteiger partial charge in [-0.05, 0) is 43.5 Å². The van der Waals surface area contributed by atoms with E-state index in [-0.39, 0.29) is 6.04 Å². The molecule has 1 atom stereocenters. The van der Waals surface area contributed by atoms with Gasteiger partial charge in [-0.2, -0.15) is 0 Å². The zero-order valence-electron chi connectivity index (χ0n) is 12.8. The molecule has 1 aromatic rings. The van der Waals surface area contributed by atoms with Crippen LogP contribution >= 0.6 is 0 Å². The summed E-state index contributed by atoms with van der Waals surface area (Å²) < 4.78 is 10.7. The highest BCUT2D eigenvalue weighted by Gasteiger charge is 2.33. The summed E-state index contributed by atoms with van der Waals surface area (Å²) in [6, 6.07) is 7.10. The lowest BCUT2D eigenvalue weighted by atomic mass is 10.0. The maximum atomic E-state index is 6.05. The number of nitrogens with two attached hydrogens (primary N) is 1. The molecule has 1 saturated carbocycles. The summed E-state index contributed by atoms with van der Waals surface area (Å²) in [6.07, 6.45) is 3.74. The number of nitrogens with zero attached hydrogens (tertiary/aromatic N) is 1. The molecule has 2 N–H and O–H groups in total. The first-order valence-electron chi connectivity index (χ1n) is 7.42. The Morgan fingerprint density at radius 1 is 1.25 bits per heavy atom. The molecule has 0 aliphatic heterocycles. The topological polar surface area (TPSA) is 47.7 Å². The maximum absolute atomic E-state index is 6.05. The minimum Gasteiger partial charge on any atom is -0.493 e. The average Bonchev–Trinajstić information content (AvgIpc) is 3.31. The van der Waals surface area contributed by atoms with Crippen LogP contribution in [-0.2, 0) is 0 Å². The van der Waals surface area contributed by atoms with Crippen LogP contribution in [0.15, 0.2) is 18.2 Å². The van der Waals surface area contributed by atoms with E-state index in [2.05, 4.69) is 24.0 Å². The average molecular weight is 278 g/mol. The Labute approximate surface area is 121 Å². The Bertz CT molecular complexity index is 432. The van der Waals surface area contributed by atoms with Gasteiger partial charge in [-0.3, -0.25) is 4.90 Å². The zero-order valence-corrected chi connectivity index (χ0v) is 12.8. The molecule has 0 spiro atoms. The molecule has 0 heterocycles. The minimum absolute atomic E-state index is 0.266. The SMILES string of the molecule is CCCN(C1CC1)C(CN)c1ccc(OC)c(OC)c1. The van der Waals surface area contributed by atoms with Crippen molar-refractivity contribution in [3.8, 4) is 11.5 Å². The molecule has 0 bridgehead atoms. The van der Waals surface area contributed by atoms with Gasteiger partial charge < -0.3 is 15.2 Å². The second-order valence-electron chi connectivity index (χ2n) is 5.33. The van der Waals surface area contributed by atoms with Crippen molar-refractivity contribution in [3.63, 3.8) is 0 Å². The van der Waals surface area contributed by atoms with Crippen molar-refractivity contribution >= 4 is 0 Å². The molecule has 112 valence electrons. The van der Waals surface area contributed by atoms with Crippen molar-refractivity contribution < 1.29 is 9.47 Å². The largest absolute Gasteiger partial charge is 0.493 e. The summed E-state index contributed by atoms with van der Waals surface area (Å²) in [5.41, 5.74) is 7.26. The highest BCUT2D eigenvalue weighted by atomic mass is 16.5. The van der Waals surface area contributed by atoms with Crippen LogP contribution in [0.2, 0.25) is 0 Å². The van der Waals surface area contributed by atoms with E-state index in [0.717, 1.165) is 24.5 Å². The highest BCUT2D eigenvalue weighted by molar-refractivity contribution is 5.44. The van der Waals surface area contributed by atoms with Crippen LogP contribution in [0.5, 0.6) is 11.5 Å². The van der Waals surface area contributed by atoms with E-state index in [9.17, 15) is 0 Å². The van der Waals surface area contributed by atoms with Gasteiger partial charge in [-0.25, -0.2) is 0 Å². The van der Waals surface area contributed by atoms with Crippen molar-refractivity contribution in [2.75, 3.05) is 27.3 Å². The van der Waals surface area contributed by atoms with Gasteiger partial charge in [0.25, 0.3) is 0 Å². The van der Waals surface area contributed by atoms with Crippen molar-refractivity contribution in [3.05, 3.63) is 23.8 Å². The Balaban J connectivity index is 2.25. The van der Waals surface area contributed by atoms with Crippen LogP contribution < -0.4 is 15.2 Å². The molecule has 20 heavy (non-hydrogen) atoms. The number of methoxy groups -OCH3 is 2. The van der Waals surface area contributed by atoms with Crippen LogP contribution in [0.3, 0.4) is 0 Å². The van der Waals surface area contributed by atoms with Gasteiger partial charge in [0.2, 0.25) is 0 Å². The van der Waals surface area contributed by atoms with E-state index >= 15 is 0 Å². The summed E-state index contributed by atoms with van der Waals surface area (Å²) >= 11 is 0. The summed E-state index contributed by atoms with van der Waals surface area (Å²) in [5, 5.41) is 0. The van der Waals surface area contributed by atoms with Crippen LogP contribution in [0.25, 0.3) is 0 Å². The second-order valence-corrected chi connectivity index (χ2v) is 5.33. The van der Waals surface area contributed by atoms with E-state index in [1.54, 1.807) is 14.2 Å². The van der Waals surface area contributed by atoms with Gasteiger partial charge >= 0.3 is 0 Å². The summed E-state index contributed by atoms with van der Waals surface area (Å²) in [7, 11) is 3.33. The van der Waals surface area contributed by atoms with E-state index < -0.39 is 0 Å². The van der Waals surface area contributed by atoms with Crippen molar-refractivity contribution in [1.82, 2.24) is 4.90 Å². The van der Waals surface area contributed by atoms with Crippen LogP contribution in [-0.4, -0.2) is 38.3 Å². The van der Waals surface area contributed by atoms with Crippen molar-refractivity contribution in [2.24, 2.45) is 5.73 Å². The Kier molecular flexibility index (Phi) is 5.26. The maximum Gasteiger partial charge on any atom is 0.161 e. The number of ether oxygens (including phenoxy) is 2. The normalized spacial score (nSPS) is 16.2. The van der Waals surface area contributed by atoms with Crippen molar-refractivity contribution in [2.45, 2.75) is 38.3 Å². The smallest absolute Gasteiger partial charge is 0.161 e. The fourth-order valence-corrected chi connectivity index (χ4v) is 2.78. The molecule has 0 amide bonds. The number of benzene rings is 1. The van der Waals surface area contributed by atoms with E-state index in [1.165, 1.54) is 18.4 Å². The molecule has 4 heteroatoms. The molecule has 1 aromatic carbocycles. The lowest BCUT2D eigenvalue weighted by molar-refractivity contribution is 0.191. The zero-order chi connectivity index (χ0) is 14.5. The molecular weight excluding hydrogens is 252 g/mol. The van der Waals surface area contributed by atoms with Gasteiger partial charge in [-0.15, -0.1) is 0 Å². The number of hydrogen-bond acceptors (Lipinski definition) is 4. The quantitative estimate of drug-likeness (QED) is 0.794. The fourth-order valence-electron chi connectivity index (χ4n) is 2.78. The second kappa shape index (κ2) is 6.95. The predicted octanol–water partition coefficient (Wildman–Crippen LogP) is 2.58. The highest BCUT2D eigenvalue weighted by Crippen LogP contribution is 2.37. The third-order valence-electron chi connectivity index (χ3n) is 3.91. The van der Waals surface area contributed by atoms with Gasteiger partial charge in [0.15, 0.2) is 11.5 Å². The summed E-state index contributed by atoms with van der Waals surface area (Å²) in [6.45, 7) is 3.95. The molecule has 1 fully saturated rings. The van der Waals surface area contributed by atoms with E-state index in [0.29, 0.717) is 12.6 Å². The first kappa shape index (κ1) is 15.1. The third kappa shape index (κ3) is 3.25. The first-order chi connectivity index (χ1) is 9.74. The van der Waals surface area contributed by atoms with E-state index in [4.69, 9.17) is 15.2 Å². The Morgan fingerprint density at radius 3 is 2.45 bits per heavy atom. The molecular formula is C16H26N2O2. The van der Waals surface area contributed by atoms with Crippen molar-refractivity contribution in [1.29, 1.82) is 0 Å². The molecule has 1 aliphatic rings. The third-order valence-corrected chi connectivity index (χ3v) is 3.91. The monoisotopic (exact) mass is 278 g/mol. The minimum atomic E-state index is 0.266. The molecule has 1 aliphatic carbocycles. The molecule has 0 aromatic heterocycles. The van der Waals surface area contributed by atoms with E-state index in [1.807, 2.05) is 6.07 Å². The lowest BCUT2D eigenvalue weighted by Gasteiger charge is -2.31. The molecule has 0 saturated heterocycles. The first-order valence-corrected chi connectivity index (χ1v) is 7.42. The summed E-state index contributed by atoms with van der Waals surface area (Å²) in [4.78, 5) is 2.54. The Morgan fingerprint density at radius 2 is 1.95 bits per heavy atom. The number of hydrogen-bond donors (Lipinski definition) is 1. The molecule has 2 rings (SSSR count). The molecule has 1 unspecified atom stereocenters. The van der Waals surface area contributed by atoms with Gasteiger partial charge in [0.1, 0.15) is 0 Å². The number of rotatable bonds is 8. The van der Waals surface area contributed by atoms with Crippen LogP contribution in [0.1, 0.15) is 37.8 Å². The standard InChI is InChI=1S/C16H26N2O2/c1-4-9-18(13-6-7-13)14(11-17)12-5-8-15(19-2)16(10-12)20-3/h5,8,10,13-14H,4,6-7,9,11,17H2,1-3H3. The van der Waals surface area contributed by atoms with Gasteiger partial charge in [0, 0.05) is 18.6 Å². The molecule has 0 radical (unpaired) electrons. The lowest BCUT2D eigenvalue weighted by Crippen LogP contribution is -2.36. The predicted molar refractivity (Wildman–Crippen MR) is 81.4 cm³/mol. The van der Waals surface area contributed by atoms with Crippen LogP contribution in [0.4, 0.5) is 0 Å².